The molecular formula is C7H5BrN2O2. The van der Waals surface area contributed by atoms with Crippen molar-refractivity contribution in [1.82, 2.24) is 4.98 Å². The van der Waals surface area contributed by atoms with Crippen LogP contribution in [0.25, 0.3) is 6.08 Å². The number of halogens is 1. The average molecular weight is 229 g/mol. The van der Waals surface area contributed by atoms with E-state index >= 15 is 0 Å². The third-order valence-electron chi connectivity index (χ3n) is 1.17. The van der Waals surface area contributed by atoms with Crippen molar-refractivity contribution < 1.29 is 4.92 Å². The number of hydrogen-bond acceptors (Lipinski definition) is 3. The largest absolute Gasteiger partial charge is 0.264 e. The molecule has 0 aliphatic rings. The van der Waals surface area contributed by atoms with Crippen LogP contribution in [0.5, 0.6) is 0 Å². The number of aromatic nitrogens is 1. The molecule has 4 nitrogen and oxygen atoms in total. The molecule has 0 amide bonds. The zero-order valence-electron chi connectivity index (χ0n) is 5.98. The van der Waals surface area contributed by atoms with Crippen LogP contribution in [0.1, 0.15) is 5.56 Å². The smallest absolute Gasteiger partial charge is 0.235 e. The monoisotopic (exact) mass is 228 g/mol. The van der Waals surface area contributed by atoms with Crippen LogP contribution in [0, 0.1) is 10.1 Å². The summed E-state index contributed by atoms with van der Waals surface area (Å²) in [6.07, 6.45) is 5.41. The van der Waals surface area contributed by atoms with Gasteiger partial charge in [-0.25, -0.2) is 0 Å². The fourth-order valence-corrected chi connectivity index (χ4v) is 1.01. The van der Waals surface area contributed by atoms with Gasteiger partial charge in [0.2, 0.25) is 6.20 Å². The van der Waals surface area contributed by atoms with Crippen molar-refractivity contribution in [3.63, 3.8) is 0 Å². The van der Waals surface area contributed by atoms with Crippen LogP contribution in [0.4, 0.5) is 0 Å². The van der Waals surface area contributed by atoms with Crippen molar-refractivity contribution in [2.75, 3.05) is 0 Å². The summed E-state index contributed by atoms with van der Waals surface area (Å²) in [4.78, 5) is 13.3. The highest BCUT2D eigenvalue weighted by Gasteiger charge is 1.95. The van der Waals surface area contributed by atoms with E-state index in [9.17, 15) is 10.1 Å². The quantitative estimate of drug-likeness (QED) is 0.576. The Hall–Kier alpha value is -1.23. The van der Waals surface area contributed by atoms with Crippen LogP contribution in [-0.4, -0.2) is 9.91 Å². The Morgan fingerprint density at radius 2 is 2.42 bits per heavy atom. The van der Waals surface area contributed by atoms with Gasteiger partial charge in [0.05, 0.1) is 4.92 Å². The van der Waals surface area contributed by atoms with Crippen LogP contribution >= 0.6 is 15.9 Å². The second-order valence-electron chi connectivity index (χ2n) is 2.00. The second kappa shape index (κ2) is 3.96. The maximum Gasteiger partial charge on any atom is 0.235 e. The van der Waals surface area contributed by atoms with Gasteiger partial charge in [0, 0.05) is 28.5 Å². The first-order valence-electron chi connectivity index (χ1n) is 3.11. The van der Waals surface area contributed by atoms with Crippen molar-refractivity contribution >= 4 is 22.0 Å². The Bertz CT molecular complexity index is 325. The number of nitrogens with zero attached hydrogens (tertiary/aromatic N) is 2. The van der Waals surface area contributed by atoms with E-state index in [1.165, 1.54) is 6.08 Å². The third kappa shape index (κ3) is 2.43. The van der Waals surface area contributed by atoms with E-state index in [2.05, 4.69) is 20.9 Å². The van der Waals surface area contributed by atoms with E-state index in [4.69, 9.17) is 0 Å². The van der Waals surface area contributed by atoms with Gasteiger partial charge < -0.3 is 0 Å². The Balaban J connectivity index is 2.89. The van der Waals surface area contributed by atoms with Crippen molar-refractivity contribution in [2.24, 2.45) is 0 Å². The minimum absolute atomic E-state index is 0.514. The van der Waals surface area contributed by atoms with Gasteiger partial charge in [-0.3, -0.25) is 15.1 Å². The Morgan fingerprint density at radius 3 is 3.00 bits per heavy atom. The summed E-state index contributed by atoms with van der Waals surface area (Å²) >= 11 is 3.23. The highest BCUT2D eigenvalue weighted by atomic mass is 79.9. The van der Waals surface area contributed by atoms with Crippen molar-refractivity contribution in [3.8, 4) is 0 Å². The molecule has 5 heteroatoms. The van der Waals surface area contributed by atoms with Gasteiger partial charge in [0.15, 0.2) is 0 Å². The fraction of sp³-hybridized carbons (Fsp3) is 0. The SMILES string of the molecule is O=[N+]([O-])/C=C/c1cnccc1Br. The van der Waals surface area contributed by atoms with Gasteiger partial charge >= 0.3 is 0 Å². The second-order valence-corrected chi connectivity index (χ2v) is 2.85. The van der Waals surface area contributed by atoms with Crippen molar-refractivity contribution in [2.45, 2.75) is 0 Å². The lowest BCUT2D eigenvalue weighted by molar-refractivity contribution is -0.400. The maximum absolute atomic E-state index is 9.97. The highest BCUT2D eigenvalue weighted by Crippen LogP contribution is 2.15. The minimum Gasteiger partial charge on any atom is -0.264 e. The Morgan fingerprint density at radius 1 is 1.67 bits per heavy atom. The molecule has 0 atom stereocenters. The molecule has 0 bridgehead atoms. The first-order valence-corrected chi connectivity index (χ1v) is 3.90. The highest BCUT2D eigenvalue weighted by molar-refractivity contribution is 9.10. The zero-order valence-corrected chi connectivity index (χ0v) is 7.56. The predicted molar refractivity (Wildman–Crippen MR) is 48.0 cm³/mol. The molecule has 1 heterocycles. The molecule has 0 aromatic carbocycles. The number of rotatable bonds is 2. The van der Waals surface area contributed by atoms with Crippen LogP contribution in [0.3, 0.4) is 0 Å². The molecule has 1 rings (SSSR count). The Labute approximate surface area is 77.2 Å². The molecule has 0 aliphatic carbocycles. The molecule has 0 radical (unpaired) electrons. The van der Waals surface area contributed by atoms with Crippen molar-refractivity contribution in [1.29, 1.82) is 0 Å². The van der Waals surface area contributed by atoms with Crippen LogP contribution in [-0.2, 0) is 0 Å². The molecule has 0 spiro atoms. The molecule has 0 unspecified atom stereocenters. The number of nitro groups is 1. The summed E-state index contributed by atoms with van der Waals surface area (Å²) < 4.78 is 0.788. The molecule has 0 saturated heterocycles. The van der Waals surface area contributed by atoms with Gasteiger partial charge in [0.25, 0.3) is 0 Å². The summed E-state index contributed by atoms with van der Waals surface area (Å²) in [7, 11) is 0. The predicted octanol–water partition coefficient (Wildman–Crippen LogP) is 2.09. The third-order valence-corrected chi connectivity index (χ3v) is 1.89. The maximum atomic E-state index is 9.97. The lowest BCUT2D eigenvalue weighted by Crippen LogP contribution is -1.83. The molecule has 0 fully saturated rings. The number of pyridine rings is 1. The van der Waals surface area contributed by atoms with E-state index in [-0.39, 0.29) is 0 Å². The van der Waals surface area contributed by atoms with Crippen molar-refractivity contribution in [3.05, 3.63) is 44.8 Å². The van der Waals surface area contributed by atoms with Gasteiger partial charge in [-0.05, 0) is 6.07 Å². The first kappa shape index (κ1) is 8.86. The summed E-state index contributed by atoms with van der Waals surface area (Å²) in [5, 5.41) is 9.97. The normalized spacial score (nSPS) is 10.4. The lowest BCUT2D eigenvalue weighted by atomic mass is 10.3. The molecule has 0 saturated carbocycles. The molecule has 0 aliphatic heterocycles. The van der Waals surface area contributed by atoms with E-state index in [1.54, 1.807) is 18.5 Å². The average Bonchev–Trinajstić information content (AvgIpc) is 2.03. The van der Waals surface area contributed by atoms with E-state index in [1.807, 2.05) is 0 Å². The summed E-state index contributed by atoms with van der Waals surface area (Å²) in [5.74, 6) is 0. The van der Waals surface area contributed by atoms with Gasteiger partial charge in [-0.1, -0.05) is 15.9 Å². The molecule has 1 aromatic rings. The Kier molecular flexibility index (Phi) is 2.93. The van der Waals surface area contributed by atoms with Crippen LogP contribution in [0.15, 0.2) is 29.1 Å². The summed E-state index contributed by atoms with van der Waals surface area (Å²) in [6.45, 7) is 0. The molecule has 1 aromatic heterocycles. The van der Waals surface area contributed by atoms with Gasteiger partial charge in [-0.15, -0.1) is 0 Å². The molecule has 12 heavy (non-hydrogen) atoms. The summed E-state index contributed by atoms with van der Waals surface area (Å²) in [5.41, 5.74) is 0.689. The zero-order chi connectivity index (χ0) is 8.97. The van der Waals surface area contributed by atoms with Crippen LogP contribution in [0.2, 0.25) is 0 Å². The minimum atomic E-state index is -0.514. The molecular weight excluding hydrogens is 224 g/mol. The fourth-order valence-electron chi connectivity index (χ4n) is 0.653. The topological polar surface area (TPSA) is 56.0 Å². The first-order chi connectivity index (χ1) is 5.70. The van der Waals surface area contributed by atoms with Gasteiger partial charge in [-0.2, -0.15) is 0 Å². The van der Waals surface area contributed by atoms with E-state index in [0.717, 1.165) is 10.7 Å². The van der Waals surface area contributed by atoms with E-state index < -0.39 is 4.92 Å². The number of hydrogen-bond donors (Lipinski definition) is 0. The molecule has 62 valence electrons. The van der Waals surface area contributed by atoms with Crippen LogP contribution < -0.4 is 0 Å². The molecule has 0 N–H and O–H groups in total. The summed E-state index contributed by atoms with van der Waals surface area (Å²) in [6, 6.07) is 1.72. The lowest BCUT2D eigenvalue weighted by Gasteiger charge is -1.92. The van der Waals surface area contributed by atoms with E-state index in [0.29, 0.717) is 5.56 Å². The standard InChI is InChI=1S/C7H5BrN2O2/c8-7-1-3-9-5-6(7)2-4-10(11)12/h1-5H/b4-2+. The van der Waals surface area contributed by atoms with Gasteiger partial charge in [0.1, 0.15) is 0 Å².